The minimum absolute atomic E-state index is 0.0582. The van der Waals surface area contributed by atoms with Crippen LogP contribution in [-0.4, -0.2) is 55.7 Å². The molecule has 2 heterocycles. The van der Waals surface area contributed by atoms with Crippen LogP contribution in [0.3, 0.4) is 0 Å². The van der Waals surface area contributed by atoms with E-state index in [1.54, 1.807) is 6.07 Å². The first-order valence-electron chi connectivity index (χ1n) is 11.1. The smallest absolute Gasteiger partial charge is 0.402 e. The highest BCUT2D eigenvalue weighted by Crippen LogP contribution is 2.21. The number of benzene rings is 2. The molecule has 0 bridgehead atoms. The first-order valence-corrected chi connectivity index (χ1v) is 11.1. The van der Waals surface area contributed by atoms with Crippen LogP contribution < -0.4 is 25.8 Å². The van der Waals surface area contributed by atoms with E-state index in [-0.39, 0.29) is 5.75 Å². The summed E-state index contributed by atoms with van der Waals surface area (Å²) in [6, 6.07) is 19.3. The number of piperazine rings is 1. The molecular weight excluding hydrogens is 418 g/mol. The Hall–Kier alpha value is -3.78. The number of nitrogens with zero attached hydrogens (tertiary/aromatic N) is 2. The number of amides is 1. The highest BCUT2D eigenvalue weighted by molar-refractivity contribution is 5.87. The highest BCUT2D eigenvalue weighted by Gasteiger charge is 2.16. The molecule has 0 aliphatic carbocycles. The SMILES string of the molecule is CN1CCN(c2ccc(NC(=O)Oc3c(NCCc4ccccc4)cc[nH]c3=O)cc2)CC1. The molecule has 0 unspecified atom stereocenters. The van der Waals surface area contributed by atoms with Crippen LogP contribution >= 0.6 is 0 Å². The fourth-order valence-corrected chi connectivity index (χ4v) is 3.75. The van der Waals surface area contributed by atoms with Gasteiger partial charge in [-0.3, -0.25) is 10.1 Å². The number of ether oxygens (including phenoxy) is 1. The normalized spacial score (nSPS) is 14.0. The fraction of sp³-hybridized carbons (Fsp3) is 0.280. The van der Waals surface area contributed by atoms with Crippen molar-refractivity contribution in [3.8, 4) is 5.75 Å². The lowest BCUT2D eigenvalue weighted by atomic mass is 10.1. The molecule has 4 rings (SSSR count). The summed E-state index contributed by atoms with van der Waals surface area (Å²) in [4.78, 5) is 31.9. The van der Waals surface area contributed by atoms with Gasteiger partial charge in [0.05, 0.1) is 5.69 Å². The predicted molar refractivity (Wildman–Crippen MR) is 131 cm³/mol. The van der Waals surface area contributed by atoms with Gasteiger partial charge in [-0.05, 0) is 49.4 Å². The summed E-state index contributed by atoms with van der Waals surface area (Å²) in [7, 11) is 2.12. The Morgan fingerprint density at radius 2 is 1.73 bits per heavy atom. The van der Waals surface area contributed by atoms with E-state index in [0.29, 0.717) is 17.9 Å². The number of hydrogen-bond donors (Lipinski definition) is 3. The van der Waals surface area contributed by atoms with E-state index in [1.165, 1.54) is 11.8 Å². The zero-order valence-corrected chi connectivity index (χ0v) is 18.7. The number of carbonyl (C=O) groups is 1. The van der Waals surface area contributed by atoms with Crippen molar-refractivity contribution in [2.24, 2.45) is 0 Å². The third-order valence-corrected chi connectivity index (χ3v) is 5.66. The lowest BCUT2D eigenvalue weighted by molar-refractivity contribution is 0.214. The Labute approximate surface area is 193 Å². The number of aromatic nitrogens is 1. The summed E-state index contributed by atoms with van der Waals surface area (Å²) >= 11 is 0. The van der Waals surface area contributed by atoms with Crippen molar-refractivity contribution >= 4 is 23.2 Å². The van der Waals surface area contributed by atoms with E-state index < -0.39 is 11.7 Å². The van der Waals surface area contributed by atoms with Crippen LogP contribution in [0, 0.1) is 0 Å². The number of hydrogen-bond acceptors (Lipinski definition) is 6. The van der Waals surface area contributed by atoms with Gasteiger partial charge in [-0.1, -0.05) is 30.3 Å². The van der Waals surface area contributed by atoms with Crippen LogP contribution in [0.2, 0.25) is 0 Å². The predicted octanol–water partition coefficient (Wildman–Crippen LogP) is 3.39. The molecular formula is C25H29N5O3. The van der Waals surface area contributed by atoms with Gasteiger partial charge in [0.25, 0.3) is 5.56 Å². The second-order valence-electron chi connectivity index (χ2n) is 8.06. The van der Waals surface area contributed by atoms with Crippen LogP contribution in [0.25, 0.3) is 0 Å². The maximum Gasteiger partial charge on any atom is 0.417 e. The quantitative estimate of drug-likeness (QED) is 0.515. The van der Waals surface area contributed by atoms with E-state index in [2.05, 4.69) is 32.5 Å². The first kappa shape index (κ1) is 22.4. The zero-order valence-electron chi connectivity index (χ0n) is 18.7. The standard InChI is InChI=1S/C25H29N5O3/c1-29-15-17-30(18-16-29)21-9-7-20(8-10-21)28-25(32)33-23-22(12-14-27-24(23)31)26-13-11-19-5-3-2-4-6-19/h2-10,12,14H,11,13,15-18H2,1H3,(H,28,32)(H2,26,27,31). The topological polar surface area (TPSA) is 89.7 Å². The first-order chi connectivity index (χ1) is 16.1. The summed E-state index contributed by atoms with van der Waals surface area (Å²) in [6.07, 6.45) is 1.58. The number of H-pyrrole nitrogens is 1. The number of anilines is 3. The average Bonchev–Trinajstić information content (AvgIpc) is 2.83. The second-order valence-corrected chi connectivity index (χ2v) is 8.06. The van der Waals surface area contributed by atoms with Crippen molar-refractivity contribution in [2.75, 3.05) is 55.3 Å². The molecule has 1 amide bonds. The lowest BCUT2D eigenvalue weighted by Gasteiger charge is -2.34. The summed E-state index contributed by atoms with van der Waals surface area (Å²) in [6.45, 7) is 4.60. The molecule has 0 spiro atoms. The third-order valence-electron chi connectivity index (χ3n) is 5.66. The molecule has 0 saturated carbocycles. The molecule has 1 aliphatic rings. The molecule has 1 aromatic heterocycles. The number of aromatic amines is 1. The molecule has 8 heteroatoms. The van der Waals surface area contributed by atoms with Crippen molar-refractivity contribution in [1.82, 2.24) is 9.88 Å². The van der Waals surface area contributed by atoms with E-state index in [4.69, 9.17) is 4.74 Å². The Morgan fingerprint density at radius 3 is 2.45 bits per heavy atom. The van der Waals surface area contributed by atoms with Gasteiger partial charge in [0.2, 0.25) is 5.75 Å². The molecule has 0 radical (unpaired) electrons. The van der Waals surface area contributed by atoms with Crippen molar-refractivity contribution in [1.29, 1.82) is 0 Å². The number of likely N-dealkylation sites (N-methyl/N-ethyl adjacent to an activating group) is 1. The molecule has 33 heavy (non-hydrogen) atoms. The number of nitrogens with one attached hydrogen (secondary N) is 3. The minimum Gasteiger partial charge on any atom is -0.402 e. The van der Waals surface area contributed by atoms with E-state index in [9.17, 15) is 9.59 Å². The second kappa shape index (κ2) is 10.7. The molecule has 3 aromatic rings. The fourth-order valence-electron chi connectivity index (χ4n) is 3.75. The van der Waals surface area contributed by atoms with Gasteiger partial charge in [-0.15, -0.1) is 0 Å². The van der Waals surface area contributed by atoms with Crippen molar-refractivity contribution in [3.63, 3.8) is 0 Å². The van der Waals surface area contributed by atoms with Crippen LogP contribution in [0.1, 0.15) is 5.56 Å². The number of rotatable bonds is 7. The van der Waals surface area contributed by atoms with Crippen molar-refractivity contribution in [3.05, 3.63) is 82.8 Å². The third kappa shape index (κ3) is 6.14. The van der Waals surface area contributed by atoms with Crippen LogP contribution in [0.5, 0.6) is 5.75 Å². The Bertz CT molecular complexity index is 1110. The average molecular weight is 448 g/mol. The van der Waals surface area contributed by atoms with Gasteiger partial charge in [0.15, 0.2) is 0 Å². The maximum absolute atomic E-state index is 12.5. The van der Waals surface area contributed by atoms with Gasteiger partial charge < -0.3 is 24.8 Å². The molecule has 1 aliphatic heterocycles. The van der Waals surface area contributed by atoms with E-state index in [1.807, 2.05) is 54.6 Å². The Kier molecular flexibility index (Phi) is 7.26. The summed E-state index contributed by atoms with van der Waals surface area (Å²) in [5, 5.41) is 5.88. The number of pyridine rings is 1. The van der Waals surface area contributed by atoms with Crippen molar-refractivity contribution < 1.29 is 9.53 Å². The van der Waals surface area contributed by atoms with Gasteiger partial charge in [0, 0.05) is 50.3 Å². The Balaban J connectivity index is 1.34. The van der Waals surface area contributed by atoms with E-state index >= 15 is 0 Å². The molecule has 1 fully saturated rings. The lowest BCUT2D eigenvalue weighted by Crippen LogP contribution is -2.44. The van der Waals surface area contributed by atoms with Gasteiger partial charge in [-0.25, -0.2) is 4.79 Å². The van der Waals surface area contributed by atoms with Gasteiger partial charge in [0.1, 0.15) is 0 Å². The number of carbonyl (C=O) groups excluding carboxylic acids is 1. The molecule has 3 N–H and O–H groups in total. The molecule has 1 saturated heterocycles. The van der Waals surface area contributed by atoms with Crippen LogP contribution in [0.4, 0.5) is 21.9 Å². The van der Waals surface area contributed by atoms with Crippen LogP contribution in [0.15, 0.2) is 71.7 Å². The molecule has 2 aromatic carbocycles. The minimum atomic E-state index is -0.717. The van der Waals surface area contributed by atoms with Gasteiger partial charge in [-0.2, -0.15) is 0 Å². The molecule has 172 valence electrons. The van der Waals surface area contributed by atoms with Gasteiger partial charge >= 0.3 is 6.09 Å². The highest BCUT2D eigenvalue weighted by atomic mass is 16.6. The van der Waals surface area contributed by atoms with Crippen molar-refractivity contribution in [2.45, 2.75) is 6.42 Å². The monoisotopic (exact) mass is 447 g/mol. The van der Waals surface area contributed by atoms with E-state index in [0.717, 1.165) is 38.3 Å². The zero-order chi connectivity index (χ0) is 23.0. The largest absolute Gasteiger partial charge is 0.417 e. The summed E-state index contributed by atoms with van der Waals surface area (Å²) in [5.41, 5.74) is 2.89. The molecule has 8 nitrogen and oxygen atoms in total. The summed E-state index contributed by atoms with van der Waals surface area (Å²) < 4.78 is 5.37. The Morgan fingerprint density at radius 1 is 1.00 bits per heavy atom. The summed E-state index contributed by atoms with van der Waals surface area (Å²) in [5.74, 6) is -0.0582. The van der Waals surface area contributed by atoms with Crippen LogP contribution in [-0.2, 0) is 6.42 Å². The molecule has 0 atom stereocenters. The maximum atomic E-state index is 12.5.